The number of halogens is 2. The van der Waals surface area contributed by atoms with Crippen molar-refractivity contribution in [2.75, 3.05) is 45.8 Å². The van der Waals surface area contributed by atoms with E-state index in [1.54, 1.807) is 11.1 Å². The van der Waals surface area contributed by atoms with Gasteiger partial charge in [-0.3, -0.25) is 14.6 Å². The minimum atomic E-state index is -2.68. The summed E-state index contributed by atoms with van der Waals surface area (Å²) < 4.78 is 26.7. The number of pyridine rings is 1. The van der Waals surface area contributed by atoms with Crippen molar-refractivity contribution in [2.24, 2.45) is 17.8 Å². The molecule has 0 N–H and O–H groups in total. The maximum atomic E-state index is 13.3. The van der Waals surface area contributed by atoms with E-state index in [9.17, 15) is 18.4 Å². The van der Waals surface area contributed by atoms with Crippen LogP contribution in [0.2, 0.25) is 0 Å². The van der Waals surface area contributed by atoms with Gasteiger partial charge in [-0.25, -0.2) is 8.78 Å². The van der Waals surface area contributed by atoms with E-state index >= 15 is 0 Å². The van der Waals surface area contributed by atoms with Crippen molar-refractivity contribution >= 4 is 11.8 Å². The topological polar surface area (TPSA) is 56.8 Å². The summed E-state index contributed by atoms with van der Waals surface area (Å²) in [5, 5.41) is 0. The van der Waals surface area contributed by atoms with Gasteiger partial charge in [-0.05, 0) is 55.8 Å². The fourth-order valence-corrected chi connectivity index (χ4v) is 7.20. The summed E-state index contributed by atoms with van der Waals surface area (Å²) in [6.07, 6.45) is 2.06. The Bertz CT molecular complexity index is 1190. The van der Waals surface area contributed by atoms with Gasteiger partial charge in [-0.15, -0.1) is 0 Å². The van der Waals surface area contributed by atoms with Crippen molar-refractivity contribution in [3.8, 4) is 0 Å². The number of nitrogens with zero attached hydrogens (tertiary/aromatic N) is 4. The average molecular weight is 523 g/mol. The first-order chi connectivity index (χ1) is 18.1. The molecule has 2 aromatic rings. The number of alkyl halides is 2. The van der Waals surface area contributed by atoms with Gasteiger partial charge in [0, 0.05) is 69.6 Å². The number of hydrogen-bond acceptors (Lipinski definition) is 4. The van der Waals surface area contributed by atoms with Gasteiger partial charge in [0.05, 0.1) is 11.3 Å². The van der Waals surface area contributed by atoms with E-state index in [1.165, 1.54) is 5.56 Å². The van der Waals surface area contributed by atoms with Crippen LogP contribution in [0.1, 0.15) is 46.4 Å². The summed E-state index contributed by atoms with van der Waals surface area (Å²) in [6.45, 7) is 9.53. The van der Waals surface area contributed by atoms with E-state index in [0.717, 1.165) is 56.0 Å². The molecule has 1 aliphatic carbocycles. The van der Waals surface area contributed by atoms with E-state index in [4.69, 9.17) is 0 Å². The summed E-state index contributed by atoms with van der Waals surface area (Å²) in [6, 6.07) is 12.2. The number of fused-ring (bicyclic) bond motifs is 1. The largest absolute Gasteiger partial charge is 0.341 e. The second-order valence-electron chi connectivity index (χ2n) is 12.1. The van der Waals surface area contributed by atoms with Gasteiger partial charge in [-0.2, -0.15) is 0 Å². The van der Waals surface area contributed by atoms with Crippen LogP contribution in [0, 0.1) is 31.6 Å². The third-order valence-electron chi connectivity index (χ3n) is 9.44. The molecule has 38 heavy (non-hydrogen) atoms. The van der Waals surface area contributed by atoms with Crippen LogP contribution in [0.4, 0.5) is 8.78 Å². The van der Waals surface area contributed by atoms with Crippen molar-refractivity contribution in [1.29, 1.82) is 0 Å². The number of carbonyl (C=O) groups excluding carboxylic acids is 2. The molecule has 3 saturated heterocycles. The van der Waals surface area contributed by atoms with Crippen LogP contribution in [-0.2, 0) is 10.2 Å². The normalized spacial score (nSPS) is 26.1. The molecule has 0 spiro atoms. The van der Waals surface area contributed by atoms with E-state index in [2.05, 4.69) is 22.0 Å². The molecule has 0 radical (unpaired) electrons. The van der Waals surface area contributed by atoms with Gasteiger partial charge in [-0.1, -0.05) is 30.3 Å². The fraction of sp³-hybridized carbons (Fsp3) is 0.567. The Morgan fingerprint density at radius 1 is 0.947 bits per heavy atom. The number of benzene rings is 1. The number of aryl methyl sites for hydroxylation is 2. The van der Waals surface area contributed by atoms with Crippen LogP contribution >= 0.6 is 0 Å². The zero-order valence-corrected chi connectivity index (χ0v) is 22.2. The summed E-state index contributed by atoms with van der Waals surface area (Å²) in [4.78, 5) is 36.7. The number of carbonyl (C=O) groups is 2. The third kappa shape index (κ3) is 4.51. The Kier molecular flexibility index (Phi) is 6.29. The van der Waals surface area contributed by atoms with Crippen molar-refractivity contribution in [3.63, 3.8) is 0 Å². The van der Waals surface area contributed by atoms with Crippen LogP contribution in [0.5, 0.6) is 0 Å². The van der Waals surface area contributed by atoms with Crippen molar-refractivity contribution in [1.82, 2.24) is 19.7 Å². The van der Waals surface area contributed by atoms with Crippen LogP contribution in [0.3, 0.4) is 0 Å². The summed E-state index contributed by atoms with van der Waals surface area (Å²) >= 11 is 0. The van der Waals surface area contributed by atoms with Crippen LogP contribution < -0.4 is 0 Å². The highest BCUT2D eigenvalue weighted by Gasteiger charge is 2.54. The summed E-state index contributed by atoms with van der Waals surface area (Å²) in [5.41, 5.74) is 3.61. The Morgan fingerprint density at radius 3 is 2.21 bits per heavy atom. The average Bonchev–Trinajstić information content (AvgIpc) is 3.41. The highest BCUT2D eigenvalue weighted by molar-refractivity contribution is 5.96. The molecule has 2 amide bonds. The van der Waals surface area contributed by atoms with Crippen molar-refractivity contribution in [3.05, 3.63) is 65.0 Å². The lowest BCUT2D eigenvalue weighted by atomic mass is 9.69. The van der Waals surface area contributed by atoms with E-state index in [0.29, 0.717) is 24.9 Å². The molecule has 202 valence electrons. The van der Waals surface area contributed by atoms with Crippen LogP contribution in [0.15, 0.2) is 42.6 Å². The third-order valence-corrected chi connectivity index (χ3v) is 9.44. The van der Waals surface area contributed by atoms with E-state index in [1.807, 2.05) is 43.0 Å². The molecule has 1 aromatic carbocycles. The van der Waals surface area contributed by atoms with Gasteiger partial charge in [0.2, 0.25) is 11.8 Å². The molecule has 2 unspecified atom stereocenters. The molecule has 4 aliphatic rings. The smallest absolute Gasteiger partial charge is 0.255 e. The first kappa shape index (κ1) is 25.4. The lowest BCUT2D eigenvalue weighted by molar-refractivity contribution is -0.167. The quantitative estimate of drug-likeness (QED) is 0.577. The lowest BCUT2D eigenvalue weighted by Crippen LogP contribution is -2.64. The van der Waals surface area contributed by atoms with Gasteiger partial charge < -0.3 is 14.7 Å². The zero-order valence-electron chi connectivity index (χ0n) is 22.2. The maximum absolute atomic E-state index is 13.3. The number of hydrogen-bond donors (Lipinski definition) is 0. The number of amides is 2. The molecule has 4 fully saturated rings. The molecular weight excluding hydrogens is 486 g/mol. The van der Waals surface area contributed by atoms with Gasteiger partial charge in [0.15, 0.2) is 0 Å². The second-order valence-corrected chi connectivity index (χ2v) is 12.1. The number of likely N-dealkylation sites (tertiary alicyclic amines) is 3. The Balaban J connectivity index is 1.06. The molecule has 4 heterocycles. The van der Waals surface area contributed by atoms with Crippen LogP contribution in [-0.4, -0.2) is 83.2 Å². The molecule has 3 aliphatic heterocycles. The molecule has 1 aromatic heterocycles. The van der Waals surface area contributed by atoms with Crippen LogP contribution in [0.25, 0.3) is 0 Å². The highest BCUT2D eigenvalue weighted by atomic mass is 19.3. The zero-order chi connectivity index (χ0) is 26.7. The predicted octanol–water partition coefficient (Wildman–Crippen LogP) is 3.92. The van der Waals surface area contributed by atoms with Gasteiger partial charge in [0.25, 0.3) is 5.91 Å². The van der Waals surface area contributed by atoms with Gasteiger partial charge in [0.1, 0.15) is 0 Å². The van der Waals surface area contributed by atoms with E-state index < -0.39 is 11.8 Å². The Morgan fingerprint density at radius 2 is 1.61 bits per heavy atom. The summed E-state index contributed by atoms with van der Waals surface area (Å²) in [5.74, 6) is -2.26. The minimum Gasteiger partial charge on any atom is -0.341 e. The standard InChI is InChI=1S/C30H36F2N4O2/c1-20-8-10-33-21(2)26(20)28(38)35-16-23-14-34(15-24(23)17-35)11-9-29(25-6-4-3-5-7-25)18-36(19-29)27(37)22-12-30(31,32)13-22/h3-8,10,22-24H,9,11-19H2,1-2H3. The molecular formula is C30H36F2N4O2. The minimum absolute atomic E-state index is 0.0977. The Labute approximate surface area is 223 Å². The highest BCUT2D eigenvalue weighted by Crippen LogP contribution is 2.46. The molecule has 0 bridgehead atoms. The molecule has 8 heteroatoms. The monoisotopic (exact) mass is 522 g/mol. The van der Waals surface area contributed by atoms with Crippen molar-refractivity contribution in [2.45, 2.75) is 44.4 Å². The molecule has 6 rings (SSSR count). The fourth-order valence-electron chi connectivity index (χ4n) is 7.20. The lowest BCUT2D eigenvalue weighted by Gasteiger charge is -2.53. The van der Waals surface area contributed by atoms with Gasteiger partial charge >= 0.3 is 0 Å². The Hall–Kier alpha value is -2.87. The van der Waals surface area contributed by atoms with Crippen molar-refractivity contribution < 1.29 is 18.4 Å². The maximum Gasteiger partial charge on any atom is 0.255 e. The molecule has 2 atom stereocenters. The first-order valence-corrected chi connectivity index (χ1v) is 13.8. The molecule has 6 nitrogen and oxygen atoms in total. The van der Waals surface area contributed by atoms with E-state index in [-0.39, 0.29) is 30.1 Å². The SMILES string of the molecule is Cc1ccnc(C)c1C(=O)N1CC2CN(CCC3(c4ccccc4)CN(C(=O)C4CC(F)(F)C4)C3)CC2C1. The number of aromatic nitrogens is 1. The molecule has 1 saturated carbocycles. The summed E-state index contributed by atoms with van der Waals surface area (Å²) in [7, 11) is 0. The predicted molar refractivity (Wildman–Crippen MR) is 140 cm³/mol. The number of rotatable bonds is 6. The first-order valence-electron chi connectivity index (χ1n) is 13.8. The second kappa shape index (κ2) is 9.40.